The molecule has 0 aliphatic heterocycles. The fraction of sp³-hybridized carbons (Fsp3) is 0.652. The van der Waals surface area contributed by atoms with Gasteiger partial charge in [0.2, 0.25) is 0 Å². The minimum absolute atomic E-state index is 0.0452. The minimum atomic E-state index is -4.64. The van der Waals surface area contributed by atoms with Crippen molar-refractivity contribution < 1.29 is 42.1 Å². The Morgan fingerprint density at radius 2 is 1.02 bits per heavy atom. The number of rotatable bonds is 37. The van der Waals surface area contributed by atoms with E-state index in [1.807, 2.05) is 21.1 Å². The van der Waals surface area contributed by atoms with Crippen LogP contribution in [0.5, 0.6) is 0 Å². The first-order valence-corrected chi connectivity index (χ1v) is 22.8. The van der Waals surface area contributed by atoms with E-state index in [1.165, 1.54) is 6.42 Å². The van der Waals surface area contributed by atoms with E-state index in [0.29, 0.717) is 23.9 Å². The molecule has 9 nitrogen and oxygen atoms in total. The molecule has 0 rings (SSSR count). The molecule has 0 aliphatic rings. The first kappa shape index (κ1) is 53.2. The van der Waals surface area contributed by atoms with Crippen molar-refractivity contribution in [3.63, 3.8) is 0 Å². The monoisotopic (exact) mass is 804 g/mol. The van der Waals surface area contributed by atoms with Crippen molar-refractivity contribution in [2.24, 2.45) is 0 Å². The molecule has 0 saturated heterocycles. The molecule has 0 radical (unpaired) electrons. The van der Waals surface area contributed by atoms with E-state index in [2.05, 4.69) is 98.9 Å². The third kappa shape index (κ3) is 40.8. The van der Waals surface area contributed by atoms with Crippen LogP contribution in [0.25, 0.3) is 0 Å². The molecule has 0 fully saturated rings. The molecule has 10 heteroatoms. The van der Waals surface area contributed by atoms with Gasteiger partial charge < -0.3 is 27.9 Å². The summed E-state index contributed by atoms with van der Waals surface area (Å²) in [5.74, 6) is -0.901. The van der Waals surface area contributed by atoms with Crippen LogP contribution in [0.2, 0.25) is 0 Å². The predicted octanol–water partition coefficient (Wildman–Crippen LogP) is 11.4. The Hall–Kier alpha value is -2.81. The fourth-order valence-corrected chi connectivity index (χ4v) is 5.80. The highest BCUT2D eigenvalue weighted by Crippen LogP contribution is 2.38. The number of ether oxygens (including phenoxy) is 2. The third-order valence-corrected chi connectivity index (χ3v) is 9.34. The van der Waals surface area contributed by atoms with E-state index in [9.17, 15) is 19.0 Å². The topological polar surface area (TPSA) is 111 Å². The summed E-state index contributed by atoms with van der Waals surface area (Å²) in [7, 11) is 1.12. The van der Waals surface area contributed by atoms with Gasteiger partial charge in [-0.3, -0.25) is 14.2 Å². The van der Waals surface area contributed by atoms with Crippen LogP contribution in [0, 0.1) is 0 Å². The maximum absolute atomic E-state index is 12.7. The lowest BCUT2D eigenvalue weighted by Crippen LogP contribution is -2.37. The number of hydrogen-bond donors (Lipinski definition) is 0. The molecule has 0 aliphatic carbocycles. The number of hydrogen-bond acceptors (Lipinski definition) is 8. The zero-order valence-corrected chi connectivity index (χ0v) is 36.7. The van der Waals surface area contributed by atoms with Crippen molar-refractivity contribution in [2.75, 3.05) is 47.5 Å². The van der Waals surface area contributed by atoms with Gasteiger partial charge in [-0.15, -0.1) is 0 Å². The predicted molar refractivity (Wildman–Crippen MR) is 231 cm³/mol. The number of allylic oxidation sites excluding steroid dienone is 14. The number of nitrogens with zero attached hydrogens (tertiary/aromatic N) is 1. The van der Waals surface area contributed by atoms with Gasteiger partial charge in [0, 0.05) is 12.8 Å². The Labute approximate surface area is 341 Å². The number of phosphoric acid groups is 1. The molecule has 0 bridgehead atoms. The molecule has 0 amide bonds. The van der Waals surface area contributed by atoms with E-state index in [0.717, 1.165) is 96.3 Å². The molecule has 0 saturated carbocycles. The standard InChI is InChI=1S/C46H78NO8P/c1-6-8-10-12-14-16-18-20-22-23-25-27-29-31-33-35-37-39-46(49)55-44(43-54-56(50,51)53-41-40-47(3,4)5)42-52-45(48)38-36-34-32-30-28-26-24-21-19-17-15-13-11-9-7-2/h9-12,15-18,21-24,27,29,44H,6-8,13-14,19-20,25-26,28,30-43H2,1-5H3/b11-9+,12-10+,17-15+,18-16+,23-22+,24-21+,29-27+/t44-/m1/s1. The summed E-state index contributed by atoms with van der Waals surface area (Å²) >= 11 is 0. The summed E-state index contributed by atoms with van der Waals surface area (Å²) in [6.07, 6.45) is 47.5. The Kier molecular flexibility index (Phi) is 35.9. The molecule has 0 aromatic heterocycles. The van der Waals surface area contributed by atoms with Gasteiger partial charge in [-0.25, -0.2) is 0 Å². The lowest BCUT2D eigenvalue weighted by molar-refractivity contribution is -0.870. The number of carbonyl (C=O) groups excluding carboxylic acids is 2. The van der Waals surface area contributed by atoms with Crippen molar-refractivity contribution >= 4 is 19.8 Å². The number of carbonyl (C=O) groups is 2. The summed E-state index contributed by atoms with van der Waals surface area (Å²) < 4.78 is 33.8. The molecule has 56 heavy (non-hydrogen) atoms. The highest BCUT2D eigenvalue weighted by molar-refractivity contribution is 7.45. The third-order valence-electron chi connectivity index (χ3n) is 8.38. The van der Waals surface area contributed by atoms with Gasteiger partial charge in [0.25, 0.3) is 7.82 Å². The van der Waals surface area contributed by atoms with Crippen molar-refractivity contribution in [1.82, 2.24) is 0 Å². The molecular weight excluding hydrogens is 725 g/mol. The van der Waals surface area contributed by atoms with Gasteiger partial charge in [-0.1, -0.05) is 131 Å². The average Bonchev–Trinajstić information content (AvgIpc) is 3.15. The maximum Gasteiger partial charge on any atom is 0.306 e. The second kappa shape index (κ2) is 37.7. The first-order chi connectivity index (χ1) is 27.0. The van der Waals surface area contributed by atoms with Crippen LogP contribution >= 0.6 is 7.82 Å². The van der Waals surface area contributed by atoms with Crippen LogP contribution in [0.3, 0.4) is 0 Å². The van der Waals surface area contributed by atoms with E-state index in [4.69, 9.17) is 18.5 Å². The van der Waals surface area contributed by atoms with E-state index in [-0.39, 0.29) is 26.1 Å². The molecule has 0 heterocycles. The van der Waals surface area contributed by atoms with Crippen molar-refractivity contribution in [3.05, 3.63) is 85.1 Å². The maximum atomic E-state index is 12.7. The summed E-state index contributed by atoms with van der Waals surface area (Å²) in [6, 6.07) is 0. The highest BCUT2D eigenvalue weighted by Gasteiger charge is 2.21. The number of phosphoric ester groups is 1. The van der Waals surface area contributed by atoms with Crippen LogP contribution < -0.4 is 4.89 Å². The summed E-state index contributed by atoms with van der Waals surface area (Å²) in [4.78, 5) is 37.5. The van der Waals surface area contributed by atoms with Gasteiger partial charge in [-0.05, 0) is 83.5 Å². The van der Waals surface area contributed by atoms with Crippen LogP contribution in [0.4, 0.5) is 0 Å². The van der Waals surface area contributed by atoms with Crippen LogP contribution in [-0.4, -0.2) is 70.0 Å². The Bertz CT molecular complexity index is 1230. The average molecular weight is 804 g/mol. The quantitative estimate of drug-likeness (QED) is 0.0201. The smallest absolute Gasteiger partial charge is 0.306 e. The second-order valence-corrected chi connectivity index (χ2v) is 16.4. The highest BCUT2D eigenvalue weighted by atomic mass is 31.2. The SMILES string of the molecule is CC/C=C/C/C=C/C/C=C/CCCCCCCC(=O)OC[C@H](COP(=O)([O-])OCC[N+](C)(C)C)OC(=O)CCCCC/C=C/C/C=C/C/C=C/C/C=C/CCC. The summed E-state index contributed by atoms with van der Waals surface area (Å²) in [6.45, 7) is 3.96. The van der Waals surface area contributed by atoms with E-state index >= 15 is 0 Å². The van der Waals surface area contributed by atoms with Crippen LogP contribution in [-0.2, 0) is 32.7 Å². The first-order valence-electron chi connectivity index (χ1n) is 21.3. The molecule has 0 aromatic rings. The molecule has 1 unspecified atom stereocenters. The van der Waals surface area contributed by atoms with Gasteiger partial charge in [0.15, 0.2) is 6.10 Å². The molecule has 0 N–H and O–H groups in total. The van der Waals surface area contributed by atoms with Crippen molar-refractivity contribution in [1.29, 1.82) is 0 Å². The zero-order valence-electron chi connectivity index (χ0n) is 35.8. The lowest BCUT2D eigenvalue weighted by Gasteiger charge is -2.28. The van der Waals surface area contributed by atoms with Crippen molar-refractivity contribution in [3.8, 4) is 0 Å². The number of quaternary nitrogens is 1. The van der Waals surface area contributed by atoms with Gasteiger partial charge in [0.1, 0.15) is 19.8 Å². The Balaban J connectivity index is 4.49. The Morgan fingerprint density at radius 3 is 1.54 bits per heavy atom. The second-order valence-electron chi connectivity index (χ2n) is 15.0. The van der Waals surface area contributed by atoms with Gasteiger partial charge in [0.05, 0.1) is 27.7 Å². The summed E-state index contributed by atoms with van der Waals surface area (Å²) in [5.41, 5.74) is 0. The number of unbranched alkanes of at least 4 members (excludes halogenated alkanes) is 9. The van der Waals surface area contributed by atoms with E-state index < -0.39 is 32.5 Å². The van der Waals surface area contributed by atoms with Crippen molar-refractivity contribution in [2.45, 2.75) is 148 Å². The molecule has 320 valence electrons. The zero-order chi connectivity index (χ0) is 41.4. The molecule has 0 spiro atoms. The lowest BCUT2D eigenvalue weighted by atomic mass is 10.1. The molecule has 0 aromatic carbocycles. The molecule has 2 atom stereocenters. The van der Waals surface area contributed by atoms with Gasteiger partial charge in [-0.2, -0.15) is 0 Å². The van der Waals surface area contributed by atoms with Gasteiger partial charge >= 0.3 is 11.9 Å². The largest absolute Gasteiger partial charge is 0.756 e. The normalized spacial score (nSPS) is 14.5. The minimum Gasteiger partial charge on any atom is -0.756 e. The fourth-order valence-electron chi connectivity index (χ4n) is 5.07. The molecular formula is C46H78NO8P. The number of likely N-dealkylation sites (N-methyl/N-ethyl adjacent to an activating group) is 1. The summed E-state index contributed by atoms with van der Waals surface area (Å²) in [5, 5.41) is 0. The number of esters is 2. The van der Waals surface area contributed by atoms with E-state index in [1.54, 1.807) is 0 Å². The van der Waals surface area contributed by atoms with Crippen LogP contribution in [0.1, 0.15) is 142 Å². The van der Waals surface area contributed by atoms with Crippen LogP contribution in [0.15, 0.2) is 85.1 Å². The Morgan fingerprint density at radius 1 is 0.571 bits per heavy atom.